The summed E-state index contributed by atoms with van der Waals surface area (Å²) in [4.78, 5) is 9.88. The summed E-state index contributed by atoms with van der Waals surface area (Å²) < 4.78 is 8.43. The number of hydrogen-bond donors (Lipinski definition) is 0. The first-order chi connectivity index (χ1) is 12.7. The van der Waals surface area contributed by atoms with E-state index in [2.05, 4.69) is 36.4 Å². The van der Waals surface area contributed by atoms with Crippen molar-refractivity contribution in [3.63, 3.8) is 0 Å². The number of benzene rings is 1. The van der Waals surface area contributed by atoms with Gasteiger partial charge in [-0.3, -0.25) is 4.40 Å². The van der Waals surface area contributed by atoms with Crippen LogP contribution in [-0.2, 0) is 0 Å². The Morgan fingerprint density at radius 1 is 1.00 bits per heavy atom. The molecule has 0 unspecified atom stereocenters. The van der Waals surface area contributed by atoms with Crippen molar-refractivity contribution < 1.29 is 4.74 Å². The number of aryl methyl sites for hydroxylation is 2. The number of ether oxygens (including phenoxy) is 1. The maximum atomic E-state index is 6.05. The molecule has 0 radical (unpaired) electrons. The molecule has 0 N–H and O–H groups in total. The fourth-order valence-electron chi connectivity index (χ4n) is 4.45. The van der Waals surface area contributed by atoms with Gasteiger partial charge in [0.15, 0.2) is 0 Å². The van der Waals surface area contributed by atoms with E-state index in [-0.39, 0.29) is 0 Å². The van der Waals surface area contributed by atoms with E-state index in [1.54, 1.807) is 0 Å². The highest BCUT2D eigenvalue weighted by molar-refractivity contribution is 5.82. The minimum Gasteiger partial charge on any atom is -0.493 e. The molecule has 2 fully saturated rings. The minimum atomic E-state index is 0.561. The first-order valence-corrected chi connectivity index (χ1v) is 10.1. The van der Waals surface area contributed by atoms with Crippen LogP contribution in [0, 0.1) is 19.8 Å². The molecule has 4 heteroatoms. The largest absolute Gasteiger partial charge is 0.493 e. The van der Waals surface area contributed by atoms with Crippen LogP contribution >= 0.6 is 0 Å². The highest BCUT2D eigenvalue weighted by Gasteiger charge is 2.24. The van der Waals surface area contributed by atoms with Gasteiger partial charge in [-0.1, -0.05) is 19.3 Å². The molecule has 2 aliphatic rings. The lowest BCUT2D eigenvalue weighted by Gasteiger charge is -2.21. The van der Waals surface area contributed by atoms with Crippen molar-refractivity contribution >= 4 is 16.6 Å². The smallest absolute Gasteiger partial charge is 0.121 e. The van der Waals surface area contributed by atoms with E-state index in [9.17, 15) is 0 Å². The molecule has 2 aromatic heterocycles. The summed E-state index contributed by atoms with van der Waals surface area (Å²) in [6.07, 6.45) is 9.11. The van der Waals surface area contributed by atoms with Crippen molar-refractivity contribution in [3.8, 4) is 5.75 Å². The third kappa shape index (κ3) is 2.76. The Morgan fingerprint density at radius 2 is 1.77 bits per heavy atom. The van der Waals surface area contributed by atoms with Gasteiger partial charge < -0.3 is 4.74 Å². The van der Waals surface area contributed by atoms with Crippen LogP contribution in [-0.4, -0.2) is 21.0 Å². The summed E-state index contributed by atoms with van der Waals surface area (Å²) in [7, 11) is 0. The summed E-state index contributed by atoms with van der Waals surface area (Å²) >= 11 is 0. The quantitative estimate of drug-likeness (QED) is 0.638. The lowest BCUT2D eigenvalue weighted by molar-refractivity contribution is 0.300. The highest BCUT2D eigenvalue weighted by Crippen LogP contribution is 2.36. The summed E-state index contributed by atoms with van der Waals surface area (Å²) in [5.41, 5.74) is 5.51. The van der Waals surface area contributed by atoms with E-state index in [1.165, 1.54) is 56.3 Å². The first-order valence-electron chi connectivity index (χ1n) is 10.1. The fourth-order valence-corrected chi connectivity index (χ4v) is 4.45. The van der Waals surface area contributed by atoms with Gasteiger partial charge in [0.25, 0.3) is 0 Å². The van der Waals surface area contributed by atoms with Crippen LogP contribution in [0.25, 0.3) is 16.6 Å². The average Bonchev–Trinajstić information content (AvgIpc) is 3.42. The van der Waals surface area contributed by atoms with Crippen LogP contribution in [0.4, 0.5) is 0 Å². The van der Waals surface area contributed by atoms with E-state index in [4.69, 9.17) is 14.7 Å². The predicted octanol–water partition coefficient (Wildman–Crippen LogP) is 5.34. The van der Waals surface area contributed by atoms with Gasteiger partial charge in [-0.05, 0) is 57.6 Å². The molecule has 5 rings (SSSR count). The highest BCUT2D eigenvalue weighted by atomic mass is 16.5. The van der Waals surface area contributed by atoms with Gasteiger partial charge in [0.05, 0.1) is 34.5 Å². The molecule has 0 aliphatic heterocycles. The second kappa shape index (κ2) is 6.26. The Morgan fingerprint density at radius 3 is 2.54 bits per heavy atom. The number of aromatic nitrogens is 3. The summed E-state index contributed by atoms with van der Waals surface area (Å²) in [6, 6.07) is 6.33. The van der Waals surface area contributed by atoms with Crippen molar-refractivity contribution in [1.82, 2.24) is 14.4 Å². The summed E-state index contributed by atoms with van der Waals surface area (Å²) in [6.45, 7) is 5.06. The number of nitrogens with zero attached hydrogens (tertiary/aromatic N) is 3. The number of imidazole rings is 1. The maximum absolute atomic E-state index is 6.05. The predicted molar refractivity (Wildman–Crippen MR) is 104 cm³/mol. The van der Waals surface area contributed by atoms with Crippen molar-refractivity contribution in [3.05, 3.63) is 35.4 Å². The molecule has 0 spiro atoms. The van der Waals surface area contributed by atoms with Crippen LogP contribution in [0.2, 0.25) is 0 Å². The van der Waals surface area contributed by atoms with E-state index in [0.717, 1.165) is 40.7 Å². The Hall–Kier alpha value is -2.10. The van der Waals surface area contributed by atoms with Crippen LogP contribution in [0.15, 0.2) is 18.2 Å². The molecule has 1 aromatic carbocycles. The first kappa shape index (κ1) is 16.1. The van der Waals surface area contributed by atoms with Crippen molar-refractivity contribution in [2.24, 2.45) is 5.92 Å². The van der Waals surface area contributed by atoms with Gasteiger partial charge in [0.1, 0.15) is 11.6 Å². The lowest BCUT2D eigenvalue weighted by atomic mass is 9.88. The van der Waals surface area contributed by atoms with E-state index >= 15 is 0 Å². The molecule has 0 saturated heterocycles. The maximum Gasteiger partial charge on any atom is 0.121 e. The third-order valence-electron chi connectivity index (χ3n) is 6.05. The van der Waals surface area contributed by atoms with E-state index in [0.29, 0.717) is 5.92 Å². The van der Waals surface area contributed by atoms with Crippen LogP contribution < -0.4 is 4.74 Å². The Balaban J connectivity index is 1.68. The second-order valence-corrected chi connectivity index (χ2v) is 8.18. The van der Waals surface area contributed by atoms with Crippen LogP contribution in [0.1, 0.15) is 68.1 Å². The molecule has 2 aliphatic carbocycles. The minimum absolute atomic E-state index is 0.561. The van der Waals surface area contributed by atoms with Crippen LogP contribution in [0.5, 0.6) is 5.75 Å². The van der Waals surface area contributed by atoms with Gasteiger partial charge in [-0.15, -0.1) is 0 Å². The number of rotatable bonds is 4. The second-order valence-electron chi connectivity index (χ2n) is 8.18. The average molecular weight is 349 g/mol. The van der Waals surface area contributed by atoms with Gasteiger partial charge in [0, 0.05) is 12.0 Å². The summed E-state index contributed by atoms with van der Waals surface area (Å²) in [5.74, 6) is 3.51. The van der Waals surface area contributed by atoms with E-state index < -0.39 is 0 Å². The van der Waals surface area contributed by atoms with Gasteiger partial charge in [-0.25, -0.2) is 9.97 Å². The molecule has 4 nitrogen and oxygen atoms in total. The number of hydrogen-bond acceptors (Lipinski definition) is 3. The Bertz CT molecular complexity index is 965. The summed E-state index contributed by atoms with van der Waals surface area (Å²) in [5, 5.41) is 0. The van der Waals surface area contributed by atoms with Gasteiger partial charge in [0.2, 0.25) is 0 Å². The molecule has 2 saturated carbocycles. The van der Waals surface area contributed by atoms with Gasteiger partial charge in [-0.2, -0.15) is 0 Å². The number of fused-ring (bicyclic) bond motifs is 3. The molecular weight excluding hydrogens is 322 g/mol. The van der Waals surface area contributed by atoms with Crippen molar-refractivity contribution in [1.29, 1.82) is 0 Å². The molecule has 0 atom stereocenters. The Labute approximate surface area is 154 Å². The zero-order chi connectivity index (χ0) is 17.7. The lowest BCUT2D eigenvalue weighted by Crippen LogP contribution is -2.10. The topological polar surface area (TPSA) is 39.4 Å². The normalized spacial score (nSPS) is 18.7. The molecule has 26 heavy (non-hydrogen) atoms. The van der Waals surface area contributed by atoms with Crippen LogP contribution in [0.3, 0.4) is 0 Å². The van der Waals surface area contributed by atoms with Crippen molar-refractivity contribution in [2.75, 3.05) is 6.61 Å². The molecule has 3 aromatic rings. The molecule has 2 heterocycles. The fraction of sp³-hybridized carbons (Fsp3) is 0.545. The Kier molecular flexibility index (Phi) is 3.87. The van der Waals surface area contributed by atoms with Gasteiger partial charge >= 0.3 is 0 Å². The zero-order valence-electron chi connectivity index (χ0n) is 15.8. The van der Waals surface area contributed by atoms with Crippen molar-refractivity contribution in [2.45, 2.75) is 64.7 Å². The molecule has 0 bridgehead atoms. The standard InChI is InChI=1S/C22H27N3O/c1-14-21-15(2)24-22(17-6-4-3-5-7-17)25(21)20-12-18(10-11-19(20)23-14)26-13-16-8-9-16/h10-12,16-17H,3-9,13H2,1-2H3. The molecular formula is C22H27N3O. The molecule has 0 amide bonds. The SMILES string of the molecule is Cc1nc(C2CCCCC2)n2c1c(C)nc1ccc(OCC3CC3)cc12. The van der Waals surface area contributed by atoms with E-state index in [1.807, 2.05) is 0 Å². The zero-order valence-corrected chi connectivity index (χ0v) is 15.8. The molecule has 136 valence electrons. The monoisotopic (exact) mass is 349 g/mol. The third-order valence-corrected chi connectivity index (χ3v) is 6.05.